The SMILES string of the molecule is c1ccc(-c2ccc(-c3nc(-c4ccc5ccccc5c4)nc(-c4cc(-n5c6ccccc6c6cc(-c7ccccc7)ccc65)c5ccccc5c4)n3)cc2)cc1. The summed E-state index contributed by atoms with van der Waals surface area (Å²) >= 11 is 0. The molecule has 266 valence electrons. The van der Waals surface area contributed by atoms with Crippen molar-refractivity contribution >= 4 is 43.4 Å². The van der Waals surface area contributed by atoms with E-state index in [1.807, 2.05) is 6.07 Å². The minimum absolute atomic E-state index is 0.620. The van der Waals surface area contributed by atoms with Crippen molar-refractivity contribution in [3.05, 3.63) is 206 Å². The summed E-state index contributed by atoms with van der Waals surface area (Å²) in [7, 11) is 0. The highest BCUT2D eigenvalue weighted by Gasteiger charge is 2.19. The summed E-state index contributed by atoms with van der Waals surface area (Å²) in [5, 5.41) is 6.99. The van der Waals surface area contributed by atoms with Crippen LogP contribution in [0.5, 0.6) is 0 Å². The van der Waals surface area contributed by atoms with E-state index in [1.165, 1.54) is 32.8 Å². The van der Waals surface area contributed by atoms with Gasteiger partial charge < -0.3 is 4.57 Å². The Balaban J connectivity index is 1.13. The van der Waals surface area contributed by atoms with Crippen molar-refractivity contribution < 1.29 is 0 Å². The van der Waals surface area contributed by atoms with Crippen LogP contribution in [0.2, 0.25) is 0 Å². The predicted octanol–water partition coefficient (Wildman–Crippen LogP) is 13.6. The number of hydrogen-bond donors (Lipinski definition) is 0. The van der Waals surface area contributed by atoms with Gasteiger partial charge in [-0.05, 0) is 74.8 Å². The Hall–Kier alpha value is -7.69. The highest BCUT2D eigenvalue weighted by atomic mass is 15.0. The van der Waals surface area contributed by atoms with Crippen molar-refractivity contribution in [1.82, 2.24) is 19.5 Å². The van der Waals surface area contributed by atoms with Crippen molar-refractivity contribution in [2.75, 3.05) is 0 Å². The fraction of sp³-hybridized carbons (Fsp3) is 0. The van der Waals surface area contributed by atoms with Gasteiger partial charge in [0.25, 0.3) is 0 Å². The quantitative estimate of drug-likeness (QED) is 0.171. The summed E-state index contributed by atoms with van der Waals surface area (Å²) in [5.41, 5.74) is 10.9. The second kappa shape index (κ2) is 13.6. The second-order valence-corrected chi connectivity index (χ2v) is 14.5. The van der Waals surface area contributed by atoms with Crippen LogP contribution in [0.15, 0.2) is 206 Å². The van der Waals surface area contributed by atoms with Crippen molar-refractivity contribution in [2.45, 2.75) is 0 Å². The first kappa shape index (κ1) is 32.7. The number of rotatable bonds is 6. The number of fused-ring (bicyclic) bond motifs is 5. The molecule has 9 aromatic carbocycles. The summed E-state index contributed by atoms with van der Waals surface area (Å²) < 4.78 is 2.40. The average Bonchev–Trinajstić information content (AvgIpc) is 3.62. The van der Waals surface area contributed by atoms with Crippen LogP contribution in [0.1, 0.15) is 0 Å². The van der Waals surface area contributed by atoms with Crippen molar-refractivity contribution in [2.24, 2.45) is 0 Å². The topological polar surface area (TPSA) is 43.6 Å². The molecule has 0 saturated heterocycles. The Morgan fingerprint density at radius 2 is 0.754 bits per heavy atom. The summed E-state index contributed by atoms with van der Waals surface area (Å²) in [6.45, 7) is 0. The third kappa shape index (κ3) is 5.83. The zero-order chi connectivity index (χ0) is 37.7. The van der Waals surface area contributed by atoms with Gasteiger partial charge in [0.05, 0.1) is 16.7 Å². The van der Waals surface area contributed by atoms with E-state index in [1.54, 1.807) is 0 Å². The van der Waals surface area contributed by atoms with Crippen LogP contribution >= 0.6 is 0 Å². The minimum atomic E-state index is 0.620. The van der Waals surface area contributed by atoms with E-state index in [4.69, 9.17) is 15.0 Å². The number of nitrogens with zero attached hydrogens (tertiary/aromatic N) is 4. The van der Waals surface area contributed by atoms with Gasteiger partial charge in [-0.3, -0.25) is 0 Å². The van der Waals surface area contributed by atoms with E-state index in [0.29, 0.717) is 17.5 Å². The zero-order valence-electron chi connectivity index (χ0n) is 30.9. The maximum absolute atomic E-state index is 5.24. The Bertz CT molecular complexity index is 3280. The number of benzene rings is 9. The third-order valence-electron chi connectivity index (χ3n) is 11.0. The molecule has 0 amide bonds. The van der Waals surface area contributed by atoms with E-state index in [2.05, 4.69) is 205 Å². The third-order valence-corrected chi connectivity index (χ3v) is 11.0. The Labute approximate surface area is 330 Å². The average molecular weight is 727 g/mol. The molecule has 2 heterocycles. The minimum Gasteiger partial charge on any atom is -0.309 e. The predicted molar refractivity (Wildman–Crippen MR) is 236 cm³/mol. The van der Waals surface area contributed by atoms with E-state index in [0.717, 1.165) is 55.1 Å². The van der Waals surface area contributed by atoms with E-state index < -0.39 is 0 Å². The normalized spacial score (nSPS) is 11.5. The Kier molecular flexibility index (Phi) is 7.78. The van der Waals surface area contributed by atoms with Crippen molar-refractivity contribution in [1.29, 1.82) is 0 Å². The lowest BCUT2D eigenvalue weighted by molar-refractivity contribution is 1.07. The molecule has 2 aromatic heterocycles. The lowest BCUT2D eigenvalue weighted by Crippen LogP contribution is -2.02. The van der Waals surface area contributed by atoms with Gasteiger partial charge in [-0.1, -0.05) is 170 Å². The molecule has 0 aliphatic rings. The van der Waals surface area contributed by atoms with Crippen LogP contribution in [-0.2, 0) is 0 Å². The lowest BCUT2D eigenvalue weighted by Gasteiger charge is -2.15. The van der Waals surface area contributed by atoms with Crippen LogP contribution in [0, 0.1) is 0 Å². The van der Waals surface area contributed by atoms with Gasteiger partial charge in [0.1, 0.15) is 0 Å². The van der Waals surface area contributed by atoms with E-state index in [9.17, 15) is 0 Å². The molecule has 0 fully saturated rings. The molecule has 4 heteroatoms. The van der Waals surface area contributed by atoms with E-state index in [-0.39, 0.29) is 0 Å². The van der Waals surface area contributed by atoms with Crippen LogP contribution in [0.25, 0.3) is 105 Å². The second-order valence-electron chi connectivity index (χ2n) is 14.5. The summed E-state index contributed by atoms with van der Waals surface area (Å²) in [6, 6.07) is 72.9. The molecule has 0 atom stereocenters. The summed E-state index contributed by atoms with van der Waals surface area (Å²) in [5.74, 6) is 1.88. The molecule has 0 aliphatic carbocycles. The largest absolute Gasteiger partial charge is 0.309 e. The van der Waals surface area contributed by atoms with Gasteiger partial charge in [-0.15, -0.1) is 0 Å². The molecule has 0 aliphatic heterocycles. The molecular weight excluding hydrogens is 693 g/mol. The van der Waals surface area contributed by atoms with Crippen molar-refractivity contribution in [3.63, 3.8) is 0 Å². The molecule has 0 bridgehead atoms. The van der Waals surface area contributed by atoms with Gasteiger partial charge >= 0.3 is 0 Å². The molecule has 11 aromatic rings. The summed E-state index contributed by atoms with van der Waals surface area (Å²) in [4.78, 5) is 15.6. The molecule has 0 N–H and O–H groups in total. The van der Waals surface area contributed by atoms with E-state index >= 15 is 0 Å². The molecule has 0 radical (unpaired) electrons. The smallest absolute Gasteiger partial charge is 0.164 e. The van der Waals surface area contributed by atoms with Gasteiger partial charge in [0, 0.05) is 32.8 Å². The summed E-state index contributed by atoms with van der Waals surface area (Å²) in [6.07, 6.45) is 0. The molecule has 0 unspecified atom stereocenters. The fourth-order valence-corrected chi connectivity index (χ4v) is 8.18. The first-order chi connectivity index (χ1) is 28.2. The monoisotopic (exact) mass is 726 g/mol. The molecule has 0 saturated carbocycles. The lowest BCUT2D eigenvalue weighted by atomic mass is 10.0. The molecule has 0 spiro atoms. The van der Waals surface area contributed by atoms with Crippen LogP contribution in [0.4, 0.5) is 0 Å². The Morgan fingerprint density at radius 1 is 0.263 bits per heavy atom. The number of hydrogen-bond acceptors (Lipinski definition) is 3. The van der Waals surface area contributed by atoms with Crippen LogP contribution in [0.3, 0.4) is 0 Å². The first-order valence-corrected chi connectivity index (χ1v) is 19.3. The van der Waals surface area contributed by atoms with Crippen molar-refractivity contribution in [3.8, 4) is 62.1 Å². The number of para-hydroxylation sites is 1. The maximum atomic E-state index is 5.24. The highest BCUT2D eigenvalue weighted by molar-refractivity contribution is 6.12. The standard InChI is InChI=1S/C53H34N4/c1-3-13-35(14-4-1)38-23-26-39(27-24-38)51-54-52(43-28-25-37-17-7-8-18-40(37)31-43)56-53(55-51)44-32-42-19-9-10-20-45(42)50(34-44)57-48-22-12-11-21-46(48)47-33-41(29-30-49(47)57)36-15-5-2-6-16-36/h1-34H. The van der Waals surface area contributed by atoms with Gasteiger partial charge in [0.2, 0.25) is 0 Å². The Morgan fingerprint density at radius 3 is 1.51 bits per heavy atom. The fourth-order valence-electron chi connectivity index (χ4n) is 8.18. The molecular formula is C53H34N4. The van der Waals surface area contributed by atoms with Crippen LogP contribution < -0.4 is 0 Å². The number of aromatic nitrogens is 4. The highest BCUT2D eigenvalue weighted by Crippen LogP contribution is 2.39. The van der Waals surface area contributed by atoms with Crippen LogP contribution in [-0.4, -0.2) is 19.5 Å². The molecule has 4 nitrogen and oxygen atoms in total. The zero-order valence-corrected chi connectivity index (χ0v) is 30.9. The maximum Gasteiger partial charge on any atom is 0.164 e. The molecule has 57 heavy (non-hydrogen) atoms. The van der Waals surface area contributed by atoms with Gasteiger partial charge in [0.15, 0.2) is 17.5 Å². The van der Waals surface area contributed by atoms with Gasteiger partial charge in [-0.25, -0.2) is 15.0 Å². The van der Waals surface area contributed by atoms with Gasteiger partial charge in [-0.2, -0.15) is 0 Å². The first-order valence-electron chi connectivity index (χ1n) is 19.3. The molecule has 11 rings (SSSR count).